The Hall–Kier alpha value is -3.67. The molecule has 0 saturated heterocycles. The highest BCUT2D eigenvalue weighted by Gasteiger charge is 2.19. The van der Waals surface area contributed by atoms with Gasteiger partial charge in [0.2, 0.25) is 5.43 Å². The van der Waals surface area contributed by atoms with E-state index in [1.54, 1.807) is 11.6 Å². The van der Waals surface area contributed by atoms with Crippen LogP contribution in [0.4, 0.5) is 5.69 Å². The average molecular weight is 386 g/mol. The number of hydrogen-bond donors (Lipinski definition) is 2. The summed E-state index contributed by atoms with van der Waals surface area (Å²) in [5.41, 5.74) is 5.48. The quantitative estimate of drug-likeness (QED) is 0.554. The smallest absolute Gasteiger partial charge is 0.261 e. The van der Waals surface area contributed by atoms with Crippen molar-refractivity contribution in [1.29, 1.82) is 0 Å². The fourth-order valence-corrected chi connectivity index (χ4v) is 3.76. The van der Waals surface area contributed by atoms with Crippen LogP contribution < -0.4 is 10.7 Å². The third kappa shape index (κ3) is 3.23. The summed E-state index contributed by atoms with van der Waals surface area (Å²) in [4.78, 5) is 29.1. The number of fused-ring (bicyclic) bond motifs is 1. The van der Waals surface area contributed by atoms with Crippen molar-refractivity contribution in [1.82, 2.24) is 14.8 Å². The van der Waals surface area contributed by atoms with Gasteiger partial charge in [0.25, 0.3) is 5.91 Å². The van der Waals surface area contributed by atoms with Crippen molar-refractivity contribution < 1.29 is 4.79 Å². The van der Waals surface area contributed by atoms with Crippen molar-refractivity contribution in [2.75, 3.05) is 5.32 Å². The Kier molecular flexibility index (Phi) is 4.54. The van der Waals surface area contributed by atoms with Crippen LogP contribution >= 0.6 is 0 Å². The van der Waals surface area contributed by atoms with E-state index in [4.69, 9.17) is 0 Å². The molecule has 0 spiro atoms. The standard InChI is InChI=1S/C23H22N4O2/c1-13-10-14(2)20(15(3)11-13)25-23(29)18-12-24-22-19(21(18)28)16(4)26-27(22)17-8-6-5-7-9-17/h5-12H,1-4H3,(H,24,28)(H,25,29). The molecule has 2 N–H and O–H groups in total. The van der Waals surface area contributed by atoms with E-state index in [0.717, 1.165) is 28.1 Å². The van der Waals surface area contributed by atoms with Gasteiger partial charge in [0, 0.05) is 11.9 Å². The van der Waals surface area contributed by atoms with Crippen molar-refractivity contribution in [3.05, 3.63) is 86.8 Å². The van der Waals surface area contributed by atoms with E-state index in [1.165, 1.54) is 6.20 Å². The van der Waals surface area contributed by atoms with Crippen molar-refractivity contribution in [3.8, 4) is 5.69 Å². The van der Waals surface area contributed by atoms with Gasteiger partial charge >= 0.3 is 0 Å². The van der Waals surface area contributed by atoms with Gasteiger partial charge < -0.3 is 10.3 Å². The molecule has 1 amide bonds. The molecule has 2 aromatic heterocycles. The third-order valence-corrected chi connectivity index (χ3v) is 5.05. The van der Waals surface area contributed by atoms with Crippen LogP contribution in [0.2, 0.25) is 0 Å². The number of H-pyrrole nitrogens is 1. The molecule has 0 unspecified atom stereocenters. The number of para-hydroxylation sites is 1. The number of anilines is 1. The monoisotopic (exact) mass is 386 g/mol. The molecule has 0 atom stereocenters. The van der Waals surface area contributed by atoms with Crippen LogP contribution in [-0.2, 0) is 0 Å². The van der Waals surface area contributed by atoms with Crippen molar-refractivity contribution in [3.63, 3.8) is 0 Å². The number of amides is 1. The normalized spacial score (nSPS) is 11.0. The molecule has 146 valence electrons. The predicted molar refractivity (Wildman–Crippen MR) is 115 cm³/mol. The topological polar surface area (TPSA) is 79.8 Å². The molecular formula is C23H22N4O2. The largest absolute Gasteiger partial charge is 0.345 e. The molecule has 6 nitrogen and oxygen atoms in total. The van der Waals surface area contributed by atoms with Crippen LogP contribution in [0.3, 0.4) is 0 Å². The van der Waals surface area contributed by atoms with Crippen LogP contribution in [0.1, 0.15) is 32.7 Å². The Morgan fingerprint density at radius 3 is 2.34 bits per heavy atom. The average Bonchev–Trinajstić information content (AvgIpc) is 3.03. The Balaban J connectivity index is 1.78. The van der Waals surface area contributed by atoms with E-state index in [9.17, 15) is 9.59 Å². The van der Waals surface area contributed by atoms with E-state index in [2.05, 4.69) is 15.4 Å². The lowest BCUT2D eigenvalue weighted by Gasteiger charge is -2.12. The highest BCUT2D eigenvalue weighted by Crippen LogP contribution is 2.23. The van der Waals surface area contributed by atoms with Gasteiger partial charge in [0.05, 0.1) is 16.8 Å². The van der Waals surface area contributed by atoms with E-state index < -0.39 is 5.91 Å². The Labute approximate surface area is 168 Å². The number of aryl methyl sites for hydroxylation is 4. The highest BCUT2D eigenvalue weighted by molar-refractivity contribution is 6.06. The number of rotatable bonds is 3. The summed E-state index contributed by atoms with van der Waals surface area (Å²) in [6.07, 6.45) is 1.46. The van der Waals surface area contributed by atoms with Gasteiger partial charge in [-0.1, -0.05) is 35.9 Å². The van der Waals surface area contributed by atoms with E-state index in [1.807, 2.05) is 63.2 Å². The van der Waals surface area contributed by atoms with Crippen LogP contribution in [0.15, 0.2) is 53.5 Å². The van der Waals surface area contributed by atoms with E-state index in [-0.39, 0.29) is 11.0 Å². The zero-order chi connectivity index (χ0) is 20.7. The lowest BCUT2D eigenvalue weighted by atomic mass is 10.0. The van der Waals surface area contributed by atoms with Gasteiger partial charge in [0.1, 0.15) is 11.2 Å². The first-order valence-corrected chi connectivity index (χ1v) is 9.42. The van der Waals surface area contributed by atoms with Crippen molar-refractivity contribution in [2.24, 2.45) is 0 Å². The summed E-state index contributed by atoms with van der Waals surface area (Å²) >= 11 is 0. The number of hydrogen-bond acceptors (Lipinski definition) is 3. The maximum absolute atomic E-state index is 13.1. The zero-order valence-corrected chi connectivity index (χ0v) is 16.8. The van der Waals surface area contributed by atoms with Crippen molar-refractivity contribution >= 4 is 22.6 Å². The molecular weight excluding hydrogens is 364 g/mol. The lowest BCUT2D eigenvalue weighted by molar-refractivity contribution is 0.102. The fourth-order valence-electron chi connectivity index (χ4n) is 3.76. The molecule has 0 aliphatic heterocycles. The molecule has 2 heterocycles. The minimum absolute atomic E-state index is 0.0626. The fraction of sp³-hybridized carbons (Fsp3) is 0.174. The number of benzene rings is 2. The second kappa shape index (κ2) is 7.05. The number of carbonyl (C=O) groups excluding carboxylic acids is 1. The number of nitrogens with zero attached hydrogens (tertiary/aromatic N) is 2. The molecule has 0 aliphatic carbocycles. The minimum Gasteiger partial charge on any atom is -0.345 e. The highest BCUT2D eigenvalue weighted by atomic mass is 16.2. The number of aromatic nitrogens is 3. The lowest BCUT2D eigenvalue weighted by Crippen LogP contribution is -2.23. The number of nitrogens with one attached hydrogen (secondary N) is 2. The summed E-state index contributed by atoms with van der Waals surface area (Å²) in [6.45, 7) is 7.67. The summed E-state index contributed by atoms with van der Waals surface area (Å²) in [7, 11) is 0. The minimum atomic E-state index is -0.435. The number of aromatic amines is 1. The maximum atomic E-state index is 13.1. The Morgan fingerprint density at radius 1 is 1.03 bits per heavy atom. The maximum Gasteiger partial charge on any atom is 0.261 e. The second-order valence-electron chi connectivity index (χ2n) is 7.32. The molecule has 6 heteroatoms. The Bertz CT molecular complexity index is 1280. The summed E-state index contributed by atoms with van der Waals surface area (Å²) in [5.74, 6) is -0.435. The second-order valence-corrected chi connectivity index (χ2v) is 7.32. The van der Waals surface area contributed by atoms with E-state index in [0.29, 0.717) is 16.7 Å². The third-order valence-electron chi connectivity index (χ3n) is 5.05. The molecule has 4 rings (SSSR count). The van der Waals surface area contributed by atoms with Crippen LogP contribution in [0.25, 0.3) is 16.7 Å². The molecule has 0 saturated carbocycles. The number of carbonyl (C=O) groups is 1. The molecule has 4 aromatic rings. The van der Waals surface area contributed by atoms with Gasteiger partial charge in [-0.15, -0.1) is 0 Å². The first-order valence-electron chi connectivity index (χ1n) is 9.42. The molecule has 0 radical (unpaired) electrons. The summed E-state index contributed by atoms with van der Waals surface area (Å²) in [5, 5.41) is 7.81. The van der Waals surface area contributed by atoms with Gasteiger partial charge in [0.15, 0.2) is 0 Å². The molecule has 0 bridgehead atoms. The number of pyridine rings is 1. The van der Waals surface area contributed by atoms with Gasteiger partial charge in [-0.2, -0.15) is 5.10 Å². The van der Waals surface area contributed by atoms with Crippen LogP contribution in [0, 0.1) is 27.7 Å². The SMILES string of the molecule is Cc1cc(C)c(NC(=O)c2c[nH]c3c(c(C)nn3-c3ccccc3)c2=O)c(C)c1. The van der Waals surface area contributed by atoms with Gasteiger partial charge in [-0.3, -0.25) is 9.59 Å². The molecule has 2 aromatic carbocycles. The molecule has 0 fully saturated rings. The summed E-state index contributed by atoms with van der Waals surface area (Å²) in [6, 6.07) is 13.6. The van der Waals surface area contributed by atoms with Crippen molar-refractivity contribution in [2.45, 2.75) is 27.7 Å². The predicted octanol–water partition coefficient (Wildman–Crippen LogP) is 4.20. The van der Waals surface area contributed by atoms with Gasteiger partial charge in [-0.25, -0.2) is 4.68 Å². The van der Waals surface area contributed by atoms with E-state index >= 15 is 0 Å². The zero-order valence-electron chi connectivity index (χ0n) is 16.8. The summed E-state index contributed by atoms with van der Waals surface area (Å²) < 4.78 is 1.68. The van der Waals surface area contributed by atoms with Crippen LogP contribution in [0.5, 0.6) is 0 Å². The Morgan fingerprint density at radius 2 is 1.69 bits per heavy atom. The van der Waals surface area contributed by atoms with Crippen LogP contribution in [-0.4, -0.2) is 20.7 Å². The van der Waals surface area contributed by atoms with Gasteiger partial charge in [-0.05, 0) is 51.0 Å². The first kappa shape index (κ1) is 18.7. The molecule has 0 aliphatic rings. The molecule has 29 heavy (non-hydrogen) atoms. The first-order chi connectivity index (χ1) is 13.9.